The van der Waals surface area contributed by atoms with Gasteiger partial charge in [0, 0.05) is 18.7 Å². The molecule has 1 amide bonds. The maximum atomic E-state index is 13.2. The van der Waals surface area contributed by atoms with E-state index in [2.05, 4.69) is 4.98 Å². The number of halogens is 1. The fraction of sp³-hybridized carbons (Fsp3) is 0.300. The van der Waals surface area contributed by atoms with E-state index in [-0.39, 0.29) is 5.91 Å². The molecule has 1 heterocycles. The zero-order valence-electron chi connectivity index (χ0n) is 15.6. The predicted octanol–water partition coefficient (Wildman–Crippen LogP) is 4.56. The van der Waals surface area contributed by atoms with Gasteiger partial charge in [0.05, 0.1) is 16.3 Å². The van der Waals surface area contributed by atoms with Gasteiger partial charge in [0.2, 0.25) is 0 Å². The number of carbonyl (C=O) groups is 1. The van der Waals surface area contributed by atoms with Crippen molar-refractivity contribution in [3.8, 4) is 5.75 Å². The van der Waals surface area contributed by atoms with Gasteiger partial charge in [-0.1, -0.05) is 29.0 Å². The van der Waals surface area contributed by atoms with Crippen LogP contribution in [-0.2, 0) is 0 Å². The second-order valence-corrected chi connectivity index (χ2v) is 7.72. The molecule has 0 radical (unpaired) electrons. The number of fused-ring (bicyclic) bond motifs is 1. The second-order valence-electron chi connectivity index (χ2n) is 6.30. The van der Waals surface area contributed by atoms with Crippen molar-refractivity contribution in [2.45, 2.75) is 6.92 Å². The summed E-state index contributed by atoms with van der Waals surface area (Å²) in [5, 5.41) is 1.25. The van der Waals surface area contributed by atoms with E-state index in [9.17, 15) is 4.79 Å². The van der Waals surface area contributed by atoms with Gasteiger partial charge in [0.25, 0.3) is 5.91 Å². The van der Waals surface area contributed by atoms with Crippen LogP contribution in [0.5, 0.6) is 5.75 Å². The number of para-hydroxylation sites is 1. The maximum Gasteiger partial charge on any atom is 0.260 e. The molecule has 2 aromatic carbocycles. The van der Waals surface area contributed by atoms with Crippen LogP contribution in [0.4, 0.5) is 5.13 Å². The number of likely N-dealkylation sites (N-methyl/N-ethyl adjacent to an activating group) is 1. The Kier molecular flexibility index (Phi) is 6.31. The number of amides is 1. The first kappa shape index (κ1) is 19.6. The molecule has 142 valence electrons. The number of rotatable bonds is 7. The average Bonchev–Trinajstić information content (AvgIpc) is 3.08. The molecule has 0 fully saturated rings. The van der Waals surface area contributed by atoms with Gasteiger partial charge in [-0.25, -0.2) is 4.98 Å². The Morgan fingerprint density at radius 3 is 2.52 bits per heavy atom. The van der Waals surface area contributed by atoms with E-state index in [1.165, 1.54) is 11.3 Å². The lowest BCUT2D eigenvalue weighted by atomic mass is 10.2. The SMILES string of the molecule is CCOc1ccc(C(=O)N(CCN(C)C)c2nc3c(Cl)cccc3s2)cc1. The summed E-state index contributed by atoms with van der Waals surface area (Å²) in [7, 11) is 3.96. The van der Waals surface area contributed by atoms with E-state index in [1.54, 1.807) is 17.0 Å². The minimum Gasteiger partial charge on any atom is -0.494 e. The molecule has 7 heteroatoms. The van der Waals surface area contributed by atoms with Crippen molar-refractivity contribution in [2.24, 2.45) is 0 Å². The van der Waals surface area contributed by atoms with Gasteiger partial charge in [-0.3, -0.25) is 9.69 Å². The van der Waals surface area contributed by atoms with Gasteiger partial charge in [-0.05, 0) is 57.4 Å². The smallest absolute Gasteiger partial charge is 0.260 e. The highest BCUT2D eigenvalue weighted by molar-refractivity contribution is 7.22. The molecule has 0 aliphatic rings. The number of hydrogen-bond donors (Lipinski definition) is 0. The number of aromatic nitrogens is 1. The fourth-order valence-corrected chi connectivity index (χ4v) is 3.91. The number of carbonyl (C=O) groups excluding carboxylic acids is 1. The van der Waals surface area contributed by atoms with E-state index < -0.39 is 0 Å². The van der Waals surface area contributed by atoms with Crippen LogP contribution < -0.4 is 9.64 Å². The normalized spacial score (nSPS) is 11.1. The van der Waals surface area contributed by atoms with Crippen LogP contribution in [-0.4, -0.2) is 49.6 Å². The standard InChI is InChI=1S/C20H22ClN3O2S/c1-4-26-15-10-8-14(9-11-15)19(25)24(13-12-23(2)3)20-22-18-16(21)6-5-7-17(18)27-20/h5-11H,4,12-13H2,1-3H3. The van der Waals surface area contributed by atoms with Gasteiger partial charge >= 0.3 is 0 Å². The van der Waals surface area contributed by atoms with Crippen molar-refractivity contribution in [1.82, 2.24) is 9.88 Å². The molecule has 0 spiro atoms. The maximum absolute atomic E-state index is 13.2. The Balaban J connectivity index is 1.93. The first-order valence-corrected chi connectivity index (χ1v) is 9.93. The average molecular weight is 404 g/mol. The van der Waals surface area contributed by atoms with Crippen LogP contribution in [0.15, 0.2) is 42.5 Å². The summed E-state index contributed by atoms with van der Waals surface area (Å²) in [4.78, 5) is 21.6. The van der Waals surface area contributed by atoms with Crippen molar-refractivity contribution >= 4 is 44.2 Å². The number of nitrogens with zero attached hydrogens (tertiary/aromatic N) is 3. The predicted molar refractivity (Wildman–Crippen MR) is 112 cm³/mol. The summed E-state index contributed by atoms with van der Waals surface area (Å²) in [5.41, 5.74) is 1.33. The molecule has 0 bridgehead atoms. The molecular formula is C20H22ClN3O2S. The Hall–Kier alpha value is -2.15. The number of hydrogen-bond acceptors (Lipinski definition) is 5. The van der Waals surface area contributed by atoms with Gasteiger partial charge in [0.15, 0.2) is 5.13 Å². The van der Waals surface area contributed by atoms with Gasteiger partial charge in [0.1, 0.15) is 11.3 Å². The number of thiazole rings is 1. The lowest BCUT2D eigenvalue weighted by Crippen LogP contribution is -2.36. The van der Waals surface area contributed by atoms with E-state index in [0.29, 0.717) is 28.9 Å². The summed E-state index contributed by atoms with van der Waals surface area (Å²) < 4.78 is 6.43. The Morgan fingerprint density at radius 1 is 1.15 bits per heavy atom. The first-order chi connectivity index (χ1) is 13.0. The van der Waals surface area contributed by atoms with Crippen LogP contribution in [0.25, 0.3) is 10.2 Å². The molecule has 3 rings (SSSR count). The van der Waals surface area contributed by atoms with Crippen LogP contribution >= 0.6 is 22.9 Å². The van der Waals surface area contributed by atoms with E-state index >= 15 is 0 Å². The lowest BCUT2D eigenvalue weighted by molar-refractivity contribution is 0.0985. The quantitative estimate of drug-likeness (QED) is 0.580. The third kappa shape index (κ3) is 4.58. The molecule has 3 aromatic rings. The summed E-state index contributed by atoms with van der Waals surface area (Å²) in [5.74, 6) is 0.663. The van der Waals surface area contributed by atoms with Crippen LogP contribution in [0.2, 0.25) is 5.02 Å². The van der Waals surface area contributed by atoms with Crippen molar-refractivity contribution in [3.05, 3.63) is 53.1 Å². The highest BCUT2D eigenvalue weighted by Gasteiger charge is 2.22. The van der Waals surface area contributed by atoms with Crippen LogP contribution in [0.3, 0.4) is 0 Å². The number of benzene rings is 2. The van der Waals surface area contributed by atoms with Crippen molar-refractivity contribution < 1.29 is 9.53 Å². The van der Waals surface area contributed by atoms with E-state index in [0.717, 1.165) is 22.5 Å². The van der Waals surface area contributed by atoms with E-state index in [1.807, 2.05) is 56.3 Å². The molecule has 0 atom stereocenters. The lowest BCUT2D eigenvalue weighted by Gasteiger charge is -2.22. The molecule has 0 unspecified atom stereocenters. The number of ether oxygens (including phenoxy) is 1. The minimum atomic E-state index is -0.0879. The van der Waals surface area contributed by atoms with Crippen molar-refractivity contribution in [3.63, 3.8) is 0 Å². The van der Waals surface area contributed by atoms with Crippen molar-refractivity contribution in [1.29, 1.82) is 0 Å². The highest BCUT2D eigenvalue weighted by atomic mass is 35.5. The van der Waals surface area contributed by atoms with Crippen LogP contribution in [0, 0.1) is 0 Å². The fourth-order valence-electron chi connectivity index (χ4n) is 2.62. The van der Waals surface area contributed by atoms with Crippen LogP contribution in [0.1, 0.15) is 17.3 Å². The van der Waals surface area contributed by atoms with Gasteiger partial charge in [-0.15, -0.1) is 0 Å². The first-order valence-electron chi connectivity index (χ1n) is 8.74. The largest absolute Gasteiger partial charge is 0.494 e. The Morgan fingerprint density at radius 2 is 1.89 bits per heavy atom. The third-order valence-electron chi connectivity index (χ3n) is 4.02. The molecule has 0 aliphatic heterocycles. The summed E-state index contributed by atoms with van der Waals surface area (Å²) in [6, 6.07) is 12.9. The monoisotopic (exact) mass is 403 g/mol. The summed E-state index contributed by atoms with van der Waals surface area (Å²) in [6.45, 7) is 3.79. The molecule has 0 saturated carbocycles. The molecule has 0 saturated heterocycles. The topological polar surface area (TPSA) is 45.7 Å². The molecular weight excluding hydrogens is 382 g/mol. The summed E-state index contributed by atoms with van der Waals surface area (Å²) in [6.07, 6.45) is 0. The molecule has 5 nitrogen and oxygen atoms in total. The van der Waals surface area contributed by atoms with Gasteiger partial charge in [-0.2, -0.15) is 0 Å². The zero-order valence-corrected chi connectivity index (χ0v) is 17.2. The summed E-state index contributed by atoms with van der Waals surface area (Å²) >= 11 is 7.74. The Bertz CT molecular complexity index is 925. The molecule has 0 N–H and O–H groups in total. The Labute approximate surface area is 168 Å². The second kappa shape index (κ2) is 8.69. The molecule has 27 heavy (non-hydrogen) atoms. The molecule has 1 aromatic heterocycles. The van der Waals surface area contributed by atoms with Gasteiger partial charge < -0.3 is 9.64 Å². The minimum absolute atomic E-state index is 0.0879. The van der Waals surface area contributed by atoms with Crippen molar-refractivity contribution in [2.75, 3.05) is 38.7 Å². The number of anilines is 1. The molecule has 0 aliphatic carbocycles. The van der Waals surface area contributed by atoms with E-state index in [4.69, 9.17) is 16.3 Å². The third-order valence-corrected chi connectivity index (χ3v) is 5.37. The highest BCUT2D eigenvalue weighted by Crippen LogP contribution is 2.33. The zero-order chi connectivity index (χ0) is 19.4.